The second kappa shape index (κ2) is 8.17. The standard InChI is InChI=1S/C18H20INO2/c1-3-13(2)14-4-10-17(11-5-14)22-12-18(21)20-16-8-6-15(19)7-9-16/h4-11,13H,3,12H2,1-2H3,(H,20,21)/t13-/m0/s1. The van der Waals surface area contributed by atoms with Crippen LogP contribution in [0.25, 0.3) is 0 Å². The van der Waals surface area contributed by atoms with Crippen LogP contribution in [0.3, 0.4) is 0 Å². The second-order valence-corrected chi connectivity index (χ2v) is 6.47. The molecule has 1 N–H and O–H groups in total. The normalized spacial score (nSPS) is 11.8. The van der Waals surface area contributed by atoms with Crippen molar-refractivity contribution in [1.82, 2.24) is 0 Å². The number of benzene rings is 2. The molecule has 2 aromatic rings. The van der Waals surface area contributed by atoms with E-state index in [9.17, 15) is 4.79 Å². The third kappa shape index (κ3) is 5.02. The van der Waals surface area contributed by atoms with Gasteiger partial charge in [0.1, 0.15) is 5.75 Å². The fourth-order valence-electron chi connectivity index (χ4n) is 2.01. The average Bonchev–Trinajstić information content (AvgIpc) is 2.55. The van der Waals surface area contributed by atoms with Crippen LogP contribution in [-0.4, -0.2) is 12.5 Å². The maximum atomic E-state index is 11.9. The number of halogens is 1. The lowest BCUT2D eigenvalue weighted by Gasteiger charge is -2.11. The molecule has 3 nitrogen and oxygen atoms in total. The molecule has 0 aliphatic rings. The maximum absolute atomic E-state index is 11.9. The van der Waals surface area contributed by atoms with Gasteiger partial charge in [-0.1, -0.05) is 26.0 Å². The van der Waals surface area contributed by atoms with E-state index in [1.165, 1.54) is 5.56 Å². The Hall–Kier alpha value is -1.56. The highest BCUT2D eigenvalue weighted by Crippen LogP contribution is 2.21. The van der Waals surface area contributed by atoms with Crippen molar-refractivity contribution in [2.75, 3.05) is 11.9 Å². The number of amides is 1. The van der Waals surface area contributed by atoms with Crippen molar-refractivity contribution >= 4 is 34.2 Å². The summed E-state index contributed by atoms with van der Waals surface area (Å²) in [4.78, 5) is 11.9. The van der Waals surface area contributed by atoms with Crippen LogP contribution in [0, 0.1) is 3.57 Å². The van der Waals surface area contributed by atoms with Crippen molar-refractivity contribution in [1.29, 1.82) is 0 Å². The molecule has 0 bridgehead atoms. The van der Waals surface area contributed by atoms with Crippen molar-refractivity contribution in [2.24, 2.45) is 0 Å². The van der Waals surface area contributed by atoms with Gasteiger partial charge in [0.2, 0.25) is 0 Å². The third-order valence-electron chi connectivity index (χ3n) is 3.56. The van der Waals surface area contributed by atoms with Crippen molar-refractivity contribution in [3.05, 3.63) is 57.7 Å². The Morgan fingerprint density at radius 1 is 1.14 bits per heavy atom. The number of nitrogens with one attached hydrogen (secondary N) is 1. The number of rotatable bonds is 6. The predicted octanol–water partition coefficient (Wildman–Crippen LogP) is 4.82. The lowest BCUT2D eigenvalue weighted by molar-refractivity contribution is -0.118. The van der Waals surface area contributed by atoms with Gasteiger partial charge >= 0.3 is 0 Å². The molecule has 0 aliphatic heterocycles. The molecule has 0 radical (unpaired) electrons. The topological polar surface area (TPSA) is 38.3 Å². The maximum Gasteiger partial charge on any atom is 0.262 e. The number of ether oxygens (including phenoxy) is 1. The third-order valence-corrected chi connectivity index (χ3v) is 4.28. The summed E-state index contributed by atoms with van der Waals surface area (Å²) < 4.78 is 6.65. The summed E-state index contributed by atoms with van der Waals surface area (Å²) in [6.45, 7) is 4.38. The van der Waals surface area contributed by atoms with Crippen molar-refractivity contribution in [3.8, 4) is 5.75 Å². The number of carbonyl (C=O) groups is 1. The summed E-state index contributed by atoms with van der Waals surface area (Å²) in [5, 5.41) is 2.81. The number of hydrogen-bond acceptors (Lipinski definition) is 2. The minimum atomic E-state index is -0.160. The molecule has 0 spiro atoms. The number of carbonyl (C=O) groups excluding carboxylic acids is 1. The van der Waals surface area contributed by atoms with Crippen LogP contribution in [0.1, 0.15) is 31.7 Å². The fraction of sp³-hybridized carbons (Fsp3) is 0.278. The first kappa shape index (κ1) is 16.8. The lowest BCUT2D eigenvalue weighted by atomic mass is 9.99. The lowest BCUT2D eigenvalue weighted by Crippen LogP contribution is -2.20. The van der Waals surface area contributed by atoms with Crippen LogP contribution >= 0.6 is 22.6 Å². The van der Waals surface area contributed by atoms with Crippen LogP contribution in [0.4, 0.5) is 5.69 Å². The van der Waals surface area contributed by atoms with Gasteiger partial charge in [-0.2, -0.15) is 0 Å². The van der Waals surface area contributed by atoms with Gasteiger partial charge in [-0.05, 0) is 76.9 Å². The minimum absolute atomic E-state index is 0.00860. The summed E-state index contributed by atoms with van der Waals surface area (Å²) in [6.07, 6.45) is 1.11. The molecule has 0 unspecified atom stereocenters. The molecule has 0 aromatic heterocycles. The van der Waals surface area contributed by atoms with E-state index in [1.807, 2.05) is 36.4 Å². The summed E-state index contributed by atoms with van der Waals surface area (Å²) >= 11 is 2.23. The van der Waals surface area contributed by atoms with Crippen LogP contribution < -0.4 is 10.1 Å². The predicted molar refractivity (Wildman–Crippen MR) is 98.4 cm³/mol. The second-order valence-electron chi connectivity index (χ2n) is 5.22. The van der Waals surface area contributed by atoms with Gasteiger partial charge < -0.3 is 10.1 Å². The highest BCUT2D eigenvalue weighted by atomic mass is 127. The smallest absolute Gasteiger partial charge is 0.262 e. The molecule has 2 aromatic carbocycles. The molecular weight excluding hydrogens is 389 g/mol. The average molecular weight is 409 g/mol. The van der Waals surface area contributed by atoms with Crippen LogP contribution in [0.15, 0.2) is 48.5 Å². The Labute approximate surface area is 145 Å². The summed E-state index contributed by atoms with van der Waals surface area (Å²) in [6, 6.07) is 15.6. The van der Waals surface area contributed by atoms with E-state index in [0.29, 0.717) is 11.7 Å². The van der Waals surface area contributed by atoms with Crippen molar-refractivity contribution in [2.45, 2.75) is 26.2 Å². The van der Waals surface area contributed by atoms with E-state index in [-0.39, 0.29) is 12.5 Å². The van der Waals surface area contributed by atoms with Crippen LogP contribution in [-0.2, 0) is 4.79 Å². The number of hydrogen-bond donors (Lipinski definition) is 1. The Morgan fingerprint density at radius 2 is 1.77 bits per heavy atom. The summed E-state index contributed by atoms with van der Waals surface area (Å²) in [5.74, 6) is 1.09. The Balaban J connectivity index is 1.84. The Bertz CT molecular complexity index is 608. The molecule has 1 amide bonds. The quantitative estimate of drug-likeness (QED) is 0.695. The first-order chi connectivity index (χ1) is 10.6. The molecule has 4 heteroatoms. The molecule has 1 atom stereocenters. The molecule has 0 fully saturated rings. The van der Waals surface area contributed by atoms with E-state index >= 15 is 0 Å². The van der Waals surface area contributed by atoms with E-state index < -0.39 is 0 Å². The van der Waals surface area contributed by atoms with Gasteiger partial charge in [-0.3, -0.25) is 4.79 Å². The van der Waals surface area contributed by atoms with E-state index in [4.69, 9.17) is 4.74 Å². The summed E-state index contributed by atoms with van der Waals surface area (Å²) in [5.41, 5.74) is 2.07. The minimum Gasteiger partial charge on any atom is -0.484 e. The first-order valence-electron chi connectivity index (χ1n) is 7.36. The fourth-order valence-corrected chi connectivity index (χ4v) is 2.37. The Kier molecular flexibility index (Phi) is 6.24. The van der Waals surface area contributed by atoms with Gasteiger partial charge in [0.05, 0.1) is 0 Å². The Morgan fingerprint density at radius 3 is 2.36 bits per heavy atom. The van der Waals surface area contributed by atoms with Gasteiger partial charge in [-0.25, -0.2) is 0 Å². The molecule has 0 heterocycles. The summed E-state index contributed by atoms with van der Waals surface area (Å²) in [7, 11) is 0. The largest absolute Gasteiger partial charge is 0.484 e. The first-order valence-corrected chi connectivity index (χ1v) is 8.44. The molecule has 22 heavy (non-hydrogen) atoms. The van der Waals surface area contributed by atoms with Gasteiger partial charge in [0.25, 0.3) is 5.91 Å². The highest BCUT2D eigenvalue weighted by Gasteiger charge is 2.05. The highest BCUT2D eigenvalue weighted by molar-refractivity contribution is 14.1. The zero-order valence-corrected chi connectivity index (χ0v) is 15.0. The van der Waals surface area contributed by atoms with Crippen molar-refractivity contribution in [3.63, 3.8) is 0 Å². The van der Waals surface area contributed by atoms with Gasteiger partial charge in [0.15, 0.2) is 6.61 Å². The molecule has 0 saturated heterocycles. The van der Waals surface area contributed by atoms with Gasteiger partial charge in [-0.15, -0.1) is 0 Å². The molecule has 0 saturated carbocycles. The van der Waals surface area contributed by atoms with E-state index in [0.717, 1.165) is 15.7 Å². The van der Waals surface area contributed by atoms with E-state index in [1.54, 1.807) is 0 Å². The zero-order valence-electron chi connectivity index (χ0n) is 12.8. The van der Waals surface area contributed by atoms with Crippen molar-refractivity contribution < 1.29 is 9.53 Å². The zero-order chi connectivity index (χ0) is 15.9. The molecule has 2 rings (SSSR count). The number of anilines is 1. The SMILES string of the molecule is CC[C@H](C)c1ccc(OCC(=O)Nc2ccc(I)cc2)cc1. The van der Waals surface area contributed by atoms with E-state index in [2.05, 4.69) is 53.9 Å². The monoisotopic (exact) mass is 409 g/mol. The molecule has 116 valence electrons. The molecule has 0 aliphatic carbocycles. The van der Waals surface area contributed by atoms with Crippen LogP contribution in [0.5, 0.6) is 5.75 Å². The molecular formula is C18H20INO2. The van der Waals surface area contributed by atoms with Crippen LogP contribution in [0.2, 0.25) is 0 Å². The van der Waals surface area contributed by atoms with Gasteiger partial charge in [0, 0.05) is 9.26 Å².